The van der Waals surface area contributed by atoms with Gasteiger partial charge < -0.3 is 31.1 Å². The van der Waals surface area contributed by atoms with Gasteiger partial charge >= 0.3 is 18.0 Å². The van der Waals surface area contributed by atoms with Gasteiger partial charge in [0.05, 0.1) is 25.7 Å². The largest absolute Gasteiger partial charge is 0.481 e. The lowest BCUT2D eigenvalue weighted by Gasteiger charge is -2.34. The van der Waals surface area contributed by atoms with Gasteiger partial charge in [0, 0.05) is 19.6 Å². The van der Waals surface area contributed by atoms with Gasteiger partial charge in [-0.25, -0.2) is 9.59 Å². The summed E-state index contributed by atoms with van der Waals surface area (Å²) in [6, 6.07) is -1.51. The number of carbonyl (C=O) groups excluding carboxylic acids is 2. The summed E-state index contributed by atoms with van der Waals surface area (Å²) in [6.07, 6.45) is -0.160. The Morgan fingerprint density at radius 3 is 2.63 bits per heavy atom. The van der Waals surface area contributed by atoms with Crippen LogP contribution in [-0.2, 0) is 9.53 Å². The van der Waals surface area contributed by atoms with E-state index in [1.807, 2.05) is 0 Å². The normalized spacial score (nSPS) is 18.7. The average molecular weight is 274 g/mol. The van der Waals surface area contributed by atoms with Gasteiger partial charge in [-0.05, 0) is 0 Å². The Hall–Kier alpha value is -2.03. The van der Waals surface area contributed by atoms with E-state index >= 15 is 0 Å². The van der Waals surface area contributed by atoms with Gasteiger partial charge in [-0.3, -0.25) is 4.79 Å². The first-order chi connectivity index (χ1) is 9.00. The number of ether oxygens (including phenoxy) is 1. The van der Waals surface area contributed by atoms with Crippen LogP contribution in [0.15, 0.2) is 0 Å². The molecule has 1 unspecified atom stereocenters. The zero-order valence-corrected chi connectivity index (χ0v) is 10.4. The minimum atomic E-state index is -0.983. The highest BCUT2D eigenvalue weighted by molar-refractivity contribution is 5.76. The molecule has 1 fully saturated rings. The highest BCUT2D eigenvalue weighted by Crippen LogP contribution is 2.10. The molecule has 0 aromatic rings. The topological polar surface area (TPSA) is 134 Å². The third-order valence-electron chi connectivity index (χ3n) is 2.60. The Bertz CT molecular complexity index is 349. The standard InChI is InChI=1S/C10H18N4O5/c11-9(17)12-1-2-13-10(18)14-3-4-19-6-7(14)5-8(15)16/h7H,1-6H2,(H,13,18)(H,15,16)(H3,11,12,17). The number of nitrogens with one attached hydrogen (secondary N) is 2. The fourth-order valence-electron chi connectivity index (χ4n) is 1.75. The minimum absolute atomic E-state index is 0.160. The second kappa shape index (κ2) is 7.41. The number of amides is 4. The maximum atomic E-state index is 11.9. The molecule has 0 saturated carbocycles. The van der Waals surface area contributed by atoms with E-state index in [1.54, 1.807) is 0 Å². The third-order valence-corrected chi connectivity index (χ3v) is 2.60. The van der Waals surface area contributed by atoms with Gasteiger partial charge in [0.15, 0.2) is 0 Å². The lowest BCUT2D eigenvalue weighted by molar-refractivity contribution is -0.139. The molecule has 0 spiro atoms. The number of hydrogen-bond acceptors (Lipinski definition) is 4. The lowest BCUT2D eigenvalue weighted by Crippen LogP contribution is -2.54. The number of hydrogen-bond donors (Lipinski definition) is 4. The van der Waals surface area contributed by atoms with Crippen LogP contribution in [0.4, 0.5) is 9.59 Å². The zero-order chi connectivity index (χ0) is 14.3. The number of aliphatic carboxylic acids is 1. The van der Waals surface area contributed by atoms with Crippen molar-refractivity contribution in [1.82, 2.24) is 15.5 Å². The highest BCUT2D eigenvalue weighted by atomic mass is 16.5. The number of carboxylic acids is 1. The average Bonchev–Trinajstić information content (AvgIpc) is 2.34. The number of rotatable bonds is 5. The molecule has 1 rings (SSSR count). The molecule has 1 saturated heterocycles. The molecule has 1 aliphatic heterocycles. The quantitative estimate of drug-likeness (QED) is 0.454. The van der Waals surface area contributed by atoms with E-state index in [1.165, 1.54) is 4.90 Å². The predicted molar refractivity (Wildman–Crippen MR) is 64.6 cm³/mol. The second-order valence-electron chi connectivity index (χ2n) is 4.04. The molecule has 0 aliphatic carbocycles. The first-order valence-electron chi connectivity index (χ1n) is 5.88. The summed E-state index contributed by atoms with van der Waals surface area (Å²) in [5.74, 6) is -0.983. The van der Waals surface area contributed by atoms with Gasteiger partial charge in [0.25, 0.3) is 0 Å². The van der Waals surface area contributed by atoms with Crippen LogP contribution in [0, 0.1) is 0 Å². The molecule has 1 aliphatic rings. The van der Waals surface area contributed by atoms with Crippen LogP contribution in [0.25, 0.3) is 0 Å². The molecule has 1 atom stereocenters. The van der Waals surface area contributed by atoms with E-state index < -0.39 is 18.0 Å². The summed E-state index contributed by atoms with van der Waals surface area (Å²) in [6.45, 7) is 1.36. The number of carbonyl (C=O) groups is 3. The minimum Gasteiger partial charge on any atom is -0.481 e. The molecule has 9 nitrogen and oxygen atoms in total. The van der Waals surface area contributed by atoms with Gasteiger partial charge in [-0.1, -0.05) is 0 Å². The summed E-state index contributed by atoms with van der Waals surface area (Å²) in [4.78, 5) is 34.4. The molecule has 108 valence electrons. The Kier molecular flexibility index (Phi) is 5.86. The number of primary amides is 1. The van der Waals surface area contributed by atoms with Crippen molar-refractivity contribution in [2.24, 2.45) is 5.73 Å². The van der Waals surface area contributed by atoms with Crippen molar-refractivity contribution in [2.75, 3.05) is 32.8 Å². The maximum Gasteiger partial charge on any atom is 0.317 e. The molecule has 0 aromatic heterocycles. The van der Waals surface area contributed by atoms with Crippen LogP contribution in [0.2, 0.25) is 0 Å². The van der Waals surface area contributed by atoms with E-state index in [4.69, 9.17) is 15.6 Å². The van der Waals surface area contributed by atoms with Crippen LogP contribution in [0.3, 0.4) is 0 Å². The zero-order valence-electron chi connectivity index (χ0n) is 10.4. The summed E-state index contributed by atoms with van der Waals surface area (Å²) >= 11 is 0. The molecule has 19 heavy (non-hydrogen) atoms. The highest BCUT2D eigenvalue weighted by Gasteiger charge is 2.28. The molecule has 0 radical (unpaired) electrons. The number of carboxylic acid groups (broad SMARTS) is 1. The predicted octanol–water partition coefficient (Wildman–Crippen LogP) is -1.46. The number of nitrogens with zero attached hydrogens (tertiary/aromatic N) is 1. The van der Waals surface area contributed by atoms with Crippen molar-refractivity contribution in [3.8, 4) is 0 Å². The van der Waals surface area contributed by atoms with Crippen molar-refractivity contribution in [3.05, 3.63) is 0 Å². The van der Waals surface area contributed by atoms with Crippen molar-refractivity contribution < 1.29 is 24.2 Å². The van der Waals surface area contributed by atoms with E-state index in [2.05, 4.69) is 10.6 Å². The molecule has 5 N–H and O–H groups in total. The van der Waals surface area contributed by atoms with E-state index in [0.29, 0.717) is 13.2 Å². The Morgan fingerprint density at radius 2 is 2.00 bits per heavy atom. The van der Waals surface area contributed by atoms with Gasteiger partial charge in [0.1, 0.15) is 0 Å². The van der Waals surface area contributed by atoms with Crippen LogP contribution in [0.1, 0.15) is 6.42 Å². The van der Waals surface area contributed by atoms with E-state index in [0.717, 1.165) is 0 Å². The van der Waals surface area contributed by atoms with Crippen LogP contribution >= 0.6 is 0 Å². The fraction of sp³-hybridized carbons (Fsp3) is 0.700. The van der Waals surface area contributed by atoms with Gasteiger partial charge in [-0.15, -0.1) is 0 Å². The van der Waals surface area contributed by atoms with E-state index in [-0.39, 0.29) is 32.1 Å². The molecule has 4 amide bonds. The van der Waals surface area contributed by atoms with Gasteiger partial charge in [-0.2, -0.15) is 0 Å². The SMILES string of the molecule is NC(=O)NCCNC(=O)N1CCOCC1CC(=O)O. The van der Waals surface area contributed by atoms with E-state index in [9.17, 15) is 14.4 Å². The Morgan fingerprint density at radius 1 is 1.32 bits per heavy atom. The molecule has 9 heteroatoms. The Balaban J connectivity index is 2.38. The van der Waals surface area contributed by atoms with Crippen LogP contribution < -0.4 is 16.4 Å². The van der Waals surface area contributed by atoms with Crippen molar-refractivity contribution in [2.45, 2.75) is 12.5 Å². The molecular formula is C10H18N4O5. The monoisotopic (exact) mass is 274 g/mol. The van der Waals surface area contributed by atoms with Crippen molar-refractivity contribution in [1.29, 1.82) is 0 Å². The number of urea groups is 2. The number of morpholine rings is 1. The van der Waals surface area contributed by atoms with Crippen molar-refractivity contribution >= 4 is 18.0 Å². The van der Waals surface area contributed by atoms with Gasteiger partial charge in [0.2, 0.25) is 0 Å². The summed E-state index contributed by atoms with van der Waals surface area (Å²) in [5.41, 5.74) is 4.87. The first-order valence-corrected chi connectivity index (χ1v) is 5.88. The lowest BCUT2D eigenvalue weighted by atomic mass is 10.1. The number of nitrogens with two attached hydrogens (primary N) is 1. The third kappa shape index (κ3) is 5.42. The first kappa shape index (κ1) is 15.0. The second-order valence-corrected chi connectivity index (χ2v) is 4.04. The molecule has 1 heterocycles. The molecular weight excluding hydrogens is 256 g/mol. The van der Waals surface area contributed by atoms with Crippen molar-refractivity contribution in [3.63, 3.8) is 0 Å². The summed E-state index contributed by atoms with van der Waals surface area (Å²) < 4.78 is 5.16. The fourth-order valence-corrected chi connectivity index (χ4v) is 1.75. The summed E-state index contributed by atoms with van der Waals surface area (Å²) in [7, 11) is 0. The smallest absolute Gasteiger partial charge is 0.317 e. The van der Waals surface area contributed by atoms with Crippen LogP contribution in [-0.4, -0.2) is 66.9 Å². The summed E-state index contributed by atoms with van der Waals surface area (Å²) in [5, 5.41) is 13.7. The molecule has 0 aromatic carbocycles. The maximum absolute atomic E-state index is 11.9. The molecule has 0 bridgehead atoms. The Labute approximate surface area is 110 Å². The van der Waals surface area contributed by atoms with Crippen LogP contribution in [0.5, 0.6) is 0 Å².